The fourth-order valence-corrected chi connectivity index (χ4v) is 5.12. The number of benzene rings is 2. The van der Waals surface area contributed by atoms with Crippen molar-refractivity contribution in [3.8, 4) is 0 Å². The highest BCUT2D eigenvalue weighted by Crippen LogP contribution is 2.40. The summed E-state index contributed by atoms with van der Waals surface area (Å²) in [7, 11) is 0. The maximum Gasteiger partial charge on any atom is 0.323 e. The number of para-hydroxylation sites is 1. The number of ether oxygens (including phenoxy) is 1. The summed E-state index contributed by atoms with van der Waals surface area (Å²) < 4.78 is 6.02. The van der Waals surface area contributed by atoms with Gasteiger partial charge in [-0.1, -0.05) is 44.0 Å². The van der Waals surface area contributed by atoms with E-state index in [4.69, 9.17) is 10.5 Å². The molecule has 3 unspecified atom stereocenters. The number of amides is 2. The van der Waals surface area contributed by atoms with Gasteiger partial charge in [-0.2, -0.15) is 0 Å². The van der Waals surface area contributed by atoms with Crippen molar-refractivity contribution in [3.05, 3.63) is 53.6 Å². The Labute approximate surface area is 207 Å². The minimum atomic E-state index is -0.838. The average Bonchev–Trinajstić information content (AvgIpc) is 3.64. The molecule has 3 atom stereocenters. The average molecular weight is 480 g/mol. The van der Waals surface area contributed by atoms with Crippen LogP contribution in [0.5, 0.6) is 0 Å². The fraction of sp³-hybridized carbons (Fsp3) is 0.500. The minimum absolute atomic E-state index is 0.0342. The number of aliphatic carboxylic acids is 1. The van der Waals surface area contributed by atoms with Gasteiger partial charge in [-0.25, -0.2) is 4.79 Å². The molecule has 35 heavy (non-hydrogen) atoms. The standard InChI is InChI=1S/C28H37N3O4/c1-3-20(16-27(32)33)21-10-11-24(30-22-12-13-35-23(17-22)14-19-8-9-19)26(15-21)31(28(29)34)25-7-5-4-6-18(25)2/h4-7,10-11,15,19-20,22-23,30H,3,8-9,12-14,16-17H2,1-2H3,(H2,29,34)(H,32,33). The van der Waals surface area contributed by atoms with Gasteiger partial charge < -0.3 is 20.9 Å². The number of carboxylic acid groups (broad SMARTS) is 1. The van der Waals surface area contributed by atoms with Crippen molar-refractivity contribution in [2.45, 2.75) is 76.9 Å². The molecule has 7 nitrogen and oxygen atoms in total. The zero-order chi connectivity index (χ0) is 24.9. The molecule has 0 spiro atoms. The van der Waals surface area contributed by atoms with E-state index in [1.165, 1.54) is 17.7 Å². The molecule has 2 aliphatic rings. The van der Waals surface area contributed by atoms with E-state index in [1.54, 1.807) is 0 Å². The van der Waals surface area contributed by atoms with Crippen LogP contribution in [0.1, 0.15) is 68.9 Å². The van der Waals surface area contributed by atoms with Crippen molar-refractivity contribution in [2.24, 2.45) is 11.7 Å². The Balaban J connectivity index is 1.70. The predicted molar refractivity (Wildman–Crippen MR) is 138 cm³/mol. The lowest BCUT2D eigenvalue weighted by Crippen LogP contribution is -2.36. The second-order valence-electron chi connectivity index (χ2n) is 9.98. The third-order valence-electron chi connectivity index (χ3n) is 7.24. The second kappa shape index (κ2) is 11.1. The van der Waals surface area contributed by atoms with E-state index in [9.17, 15) is 14.7 Å². The maximum atomic E-state index is 12.8. The quantitative estimate of drug-likeness (QED) is 0.391. The molecule has 1 aliphatic carbocycles. The first-order valence-electron chi connectivity index (χ1n) is 12.7. The van der Waals surface area contributed by atoms with E-state index in [2.05, 4.69) is 5.32 Å². The molecule has 7 heteroatoms. The number of hydrogen-bond acceptors (Lipinski definition) is 4. The Morgan fingerprint density at radius 3 is 2.60 bits per heavy atom. The number of aryl methyl sites for hydroxylation is 1. The summed E-state index contributed by atoms with van der Waals surface area (Å²) in [5.74, 6) is -0.187. The van der Waals surface area contributed by atoms with Gasteiger partial charge in [0.15, 0.2) is 0 Å². The van der Waals surface area contributed by atoms with Gasteiger partial charge in [-0.3, -0.25) is 9.69 Å². The monoisotopic (exact) mass is 479 g/mol. The molecule has 1 aliphatic heterocycles. The fourth-order valence-electron chi connectivity index (χ4n) is 5.12. The Bertz CT molecular complexity index is 1050. The summed E-state index contributed by atoms with van der Waals surface area (Å²) in [6.45, 7) is 4.65. The van der Waals surface area contributed by atoms with Gasteiger partial charge in [0.1, 0.15) is 0 Å². The molecule has 4 N–H and O–H groups in total. The van der Waals surface area contributed by atoms with Crippen LogP contribution in [0.15, 0.2) is 42.5 Å². The number of urea groups is 1. The van der Waals surface area contributed by atoms with Crippen molar-refractivity contribution in [3.63, 3.8) is 0 Å². The zero-order valence-corrected chi connectivity index (χ0v) is 20.7. The Morgan fingerprint density at radius 1 is 1.17 bits per heavy atom. The SMILES string of the molecule is CCC(CC(=O)O)c1ccc(NC2CCOC(CC3CC3)C2)c(N(C(N)=O)c2ccccc2C)c1. The van der Waals surface area contributed by atoms with Gasteiger partial charge in [0.25, 0.3) is 0 Å². The number of nitrogens with one attached hydrogen (secondary N) is 1. The number of nitrogens with zero attached hydrogens (tertiary/aromatic N) is 1. The van der Waals surface area contributed by atoms with Crippen LogP contribution in [0.25, 0.3) is 0 Å². The first-order valence-corrected chi connectivity index (χ1v) is 12.7. The van der Waals surface area contributed by atoms with Gasteiger partial charge in [0, 0.05) is 12.6 Å². The number of carboxylic acids is 1. The highest BCUT2D eigenvalue weighted by Gasteiger charge is 2.31. The third-order valence-corrected chi connectivity index (χ3v) is 7.24. The van der Waals surface area contributed by atoms with Crippen molar-refractivity contribution in [2.75, 3.05) is 16.8 Å². The highest BCUT2D eigenvalue weighted by molar-refractivity contribution is 6.02. The summed E-state index contributed by atoms with van der Waals surface area (Å²) in [4.78, 5) is 25.8. The number of rotatable bonds is 10. The summed E-state index contributed by atoms with van der Waals surface area (Å²) in [5.41, 5.74) is 9.93. The van der Waals surface area contributed by atoms with Crippen molar-refractivity contribution in [1.82, 2.24) is 0 Å². The molecule has 2 aromatic carbocycles. The number of carbonyl (C=O) groups is 2. The first-order chi connectivity index (χ1) is 16.9. The number of hydrogen-bond donors (Lipinski definition) is 3. The molecule has 4 rings (SSSR count). The highest BCUT2D eigenvalue weighted by atomic mass is 16.5. The molecule has 2 fully saturated rings. The molecule has 1 saturated carbocycles. The molecule has 188 valence electrons. The Morgan fingerprint density at radius 2 is 1.94 bits per heavy atom. The van der Waals surface area contributed by atoms with Crippen molar-refractivity contribution < 1.29 is 19.4 Å². The lowest BCUT2D eigenvalue weighted by Gasteiger charge is -2.33. The molecule has 2 amide bonds. The number of anilines is 3. The van der Waals surface area contributed by atoms with Gasteiger partial charge in [0.05, 0.1) is 29.6 Å². The van der Waals surface area contributed by atoms with Crippen LogP contribution < -0.4 is 16.0 Å². The van der Waals surface area contributed by atoms with E-state index in [-0.39, 0.29) is 24.5 Å². The van der Waals surface area contributed by atoms with E-state index >= 15 is 0 Å². The van der Waals surface area contributed by atoms with Crippen LogP contribution in [0.3, 0.4) is 0 Å². The normalized spacial score (nSPS) is 20.7. The zero-order valence-electron chi connectivity index (χ0n) is 20.7. The first kappa shape index (κ1) is 25.0. The van der Waals surface area contributed by atoms with Crippen LogP contribution in [-0.4, -0.2) is 35.9 Å². The summed E-state index contributed by atoms with van der Waals surface area (Å²) >= 11 is 0. The van der Waals surface area contributed by atoms with Gasteiger partial charge in [-0.05, 0) is 73.8 Å². The summed E-state index contributed by atoms with van der Waals surface area (Å²) in [6.07, 6.45) is 6.53. The number of carbonyl (C=O) groups excluding carboxylic acids is 1. The molecule has 0 aromatic heterocycles. The second-order valence-corrected chi connectivity index (χ2v) is 9.98. The molecular weight excluding hydrogens is 442 g/mol. The van der Waals surface area contributed by atoms with E-state index in [0.29, 0.717) is 17.8 Å². The van der Waals surface area contributed by atoms with Crippen molar-refractivity contribution in [1.29, 1.82) is 0 Å². The van der Waals surface area contributed by atoms with Crippen LogP contribution in [-0.2, 0) is 9.53 Å². The molecule has 2 aromatic rings. The summed E-state index contributed by atoms with van der Waals surface area (Å²) in [5, 5.41) is 13.1. The van der Waals surface area contributed by atoms with Crippen molar-refractivity contribution >= 4 is 29.1 Å². The summed E-state index contributed by atoms with van der Waals surface area (Å²) in [6, 6.07) is 13.2. The van der Waals surface area contributed by atoms with Crippen LogP contribution in [0.4, 0.5) is 21.9 Å². The van der Waals surface area contributed by atoms with E-state index in [0.717, 1.165) is 48.6 Å². The largest absolute Gasteiger partial charge is 0.481 e. The molecule has 1 saturated heterocycles. The lowest BCUT2D eigenvalue weighted by atomic mass is 9.92. The molecule has 0 bridgehead atoms. The van der Waals surface area contributed by atoms with Gasteiger partial charge in [-0.15, -0.1) is 0 Å². The Hall–Kier alpha value is -3.06. The van der Waals surface area contributed by atoms with E-state index < -0.39 is 12.0 Å². The number of nitrogens with two attached hydrogens (primary N) is 1. The van der Waals surface area contributed by atoms with Gasteiger partial charge >= 0.3 is 12.0 Å². The van der Waals surface area contributed by atoms with Crippen LogP contribution in [0, 0.1) is 12.8 Å². The number of primary amides is 1. The topological polar surface area (TPSA) is 105 Å². The Kier molecular flexibility index (Phi) is 7.96. The molecule has 0 radical (unpaired) electrons. The minimum Gasteiger partial charge on any atom is -0.481 e. The van der Waals surface area contributed by atoms with Crippen LogP contribution >= 0.6 is 0 Å². The maximum absolute atomic E-state index is 12.8. The molecular formula is C28H37N3O4. The predicted octanol–water partition coefficient (Wildman–Crippen LogP) is 5.94. The van der Waals surface area contributed by atoms with Gasteiger partial charge in [0.2, 0.25) is 0 Å². The van der Waals surface area contributed by atoms with Crippen LogP contribution in [0.2, 0.25) is 0 Å². The smallest absolute Gasteiger partial charge is 0.323 e. The molecule has 1 heterocycles. The van der Waals surface area contributed by atoms with E-state index in [1.807, 2.05) is 56.3 Å². The lowest BCUT2D eigenvalue weighted by molar-refractivity contribution is -0.137. The third kappa shape index (κ3) is 6.34.